The average molecular weight is 344 g/mol. The summed E-state index contributed by atoms with van der Waals surface area (Å²) in [5.41, 5.74) is 3.72. The van der Waals surface area contributed by atoms with Crippen molar-refractivity contribution in [3.63, 3.8) is 0 Å². The minimum Gasteiger partial charge on any atom is -0.463 e. The molecule has 0 fully saturated rings. The zero-order valence-corrected chi connectivity index (χ0v) is 14.6. The number of anilines is 1. The fourth-order valence-electron chi connectivity index (χ4n) is 3.92. The van der Waals surface area contributed by atoms with Crippen molar-refractivity contribution in [2.75, 3.05) is 11.4 Å². The van der Waals surface area contributed by atoms with Crippen LogP contribution in [0.25, 0.3) is 10.9 Å². The monoisotopic (exact) mass is 344 g/mol. The number of furan rings is 1. The topological polar surface area (TPSA) is 58.0 Å². The van der Waals surface area contributed by atoms with Crippen molar-refractivity contribution in [2.45, 2.75) is 25.8 Å². The fourth-order valence-corrected chi connectivity index (χ4v) is 3.92. The van der Waals surface area contributed by atoms with E-state index in [4.69, 9.17) is 4.42 Å². The summed E-state index contributed by atoms with van der Waals surface area (Å²) in [7, 11) is 0. The van der Waals surface area contributed by atoms with Gasteiger partial charge in [0.1, 0.15) is 17.6 Å². The zero-order valence-electron chi connectivity index (χ0n) is 14.6. The van der Waals surface area contributed by atoms with E-state index in [1.165, 1.54) is 22.2 Å². The molecule has 0 aliphatic carbocycles. The van der Waals surface area contributed by atoms with E-state index in [9.17, 15) is 0 Å². The number of aromatic nitrogens is 3. The molecule has 5 heteroatoms. The van der Waals surface area contributed by atoms with Crippen LogP contribution in [-0.4, -0.2) is 21.5 Å². The molecule has 5 rings (SSSR count). The summed E-state index contributed by atoms with van der Waals surface area (Å²) >= 11 is 0. The maximum Gasteiger partial charge on any atom is 0.226 e. The van der Waals surface area contributed by atoms with Crippen LogP contribution in [0.4, 0.5) is 5.95 Å². The largest absolute Gasteiger partial charge is 0.463 e. The van der Waals surface area contributed by atoms with E-state index in [0.29, 0.717) is 0 Å². The molecule has 4 heterocycles. The second kappa shape index (κ2) is 6.02. The van der Waals surface area contributed by atoms with Gasteiger partial charge in [0.25, 0.3) is 0 Å². The van der Waals surface area contributed by atoms with Gasteiger partial charge in [0, 0.05) is 36.3 Å². The molecule has 0 radical (unpaired) electrons. The number of aromatic amines is 1. The van der Waals surface area contributed by atoms with Gasteiger partial charge >= 0.3 is 0 Å². The minimum absolute atomic E-state index is 0.0474. The molecule has 0 spiro atoms. The molecular weight excluding hydrogens is 324 g/mol. The van der Waals surface area contributed by atoms with E-state index < -0.39 is 0 Å². The molecule has 1 aliphatic rings. The van der Waals surface area contributed by atoms with Gasteiger partial charge in [-0.3, -0.25) is 0 Å². The predicted octanol–water partition coefficient (Wildman–Crippen LogP) is 4.27. The molecule has 26 heavy (non-hydrogen) atoms. The number of hydrogen-bond acceptors (Lipinski definition) is 4. The molecule has 3 aromatic heterocycles. The number of nitrogens with one attached hydrogen (secondary N) is 1. The lowest BCUT2D eigenvalue weighted by Crippen LogP contribution is -2.37. The van der Waals surface area contributed by atoms with Gasteiger partial charge in [-0.1, -0.05) is 25.1 Å². The van der Waals surface area contributed by atoms with Crippen LogP contribution in [0.1, 0.15) is 35.7 Å². The maximum absolute atomic E-state index is 6.16. The fraction of sp³-hybridized carbons (Fsp3) is 0.238. The SMILES string of the molecule is CCc1ccc(C2c3[nH]c4ccccc4c3CCN2c2ncccn2)o1. The molecule has 1 atom stereocenters. The first-order valence-electron chi connectivity index (χ1n) is 9.07. The van der Waals surface area contributed by atoms with Gasteiger partial charge in [0.2, 0.25) is 5.95 Å². The van der Waals surface area contributed by atoms with Crippen molar-refractivity contribution in [2.24, 2.45) is 0 Å². The molecule has 0 bridgehead atoms. The summed E-state index contributed by atoms with van der Waals surface area (Å²) in [6, 6.07) is 14.4. The van der Waals surface area contributed by atoms with Crippen molar-refractivity contribution in [1.82, 2.24) is 15.0 Å². The van der Waals surface area contributed by atoms with Crippen LogP contribution in [0.3, 0.4) is 0 Å². The molecule has 0 amide bonds. The van der Waals surface area contributed by atoms with Crippen molar-refractivity contribution in [1.29, 1.82) is 0 Å². The normalized spacial score (nSPS) is 16.8. The standard InChI is InChI=1S/C21H20N4O/c1-2-14-8-9-18(26-14)20-19-16(15-6-3-4-7-17(15)24-19)10-13-25(20)21-22-11-5-12-23-21/h3-9,11-12,20,24H,2,10,13H2,1H3. The van der Waals surface area contributed by atoms with E-state index in [0.717, 1.165) is 36.9 Å². The Morgan fingerprint density at radius 2 is 1.96 bits per heavy atom. The highest BCUT2D eigenvalue weighted by Gasteiger charge is 2.35. The van der Waals surface area contributed by atoms with Gasteiger partial charge in [-0.2, -0.15) is 0 Å². The highest BCUT2D eigenvalue weighted by atomic mass is 16.3. The smallest absolute Gasteiger partial charge is 0.226 e. The summed E-state index contributed by atoms with van der Waals surface area (Å²) in [5, 5.41) is 1.29. The van der Waals surface area contributed by atoms with Gasteiger partial charge in [-0.15, -0.1) is 0 Å². The molecule has 1 aliphatic heterocycles. The zero-order chi connectivity index (χ0) is 17.5. The number of benzene rings is 1. The molecule has 1 aromatic carbocycles. The maximum atomic E-state index is 6.16. The molecule has 1 N–H and O–H groups in total. The van der Waals surface area contributed by atoms with E-state index in [1.54, 1.807) is 12.4 Å². The van der Waals surface area contributed by atoms with Crippen LogP contribution in [0, 0.1) is 0 Å². The Morgan fingerprint density at radius 1 is 1.12 bits per heavy atom. The highest BCUT2D eigenvalue weighted by Crippen LogP contribution is 2.40. The Labute approximate surface area is 151 Å². The molecule has 4 aromatic rings. The average Bonchev–Trinajstić information content (AvgIpc) is 3.32. The lowest BCUT2D eigenvalue weighted by Gasteiger charge is -2.34. The number of aryl methyl sites for hydroxylation is 1. The molecule has 0 saturated heterocycles. The lowest BCUT2D eigenvalue weighted by atomic mass is 9.96. The second-order valence-corrected chi connectivity index (χ2v) is 6.62. The minimum atomic E-state index is -0.0474. The van der Waals surface area contributed by atoms with Crippen molar-refractivity contribution in [3.8, 4) is 0 Å². The van der Waals surface area contributed by atoms with E-state index in [2.05, 4.69) is 63.2 Å². The predicted molar refractivity (Wildman–Crippen MR) is 101 cm³/mol. The Balaban J connectivity index is 1.70. The third kappa shape index (κ3) is 2.31. The van der Waals surface area contributed by atoms with Crippen LogP contribution < -0.4 is 4.90 Å². The number of fused-ring (bicyclic) bond motifs is 3. The first-order chi connectivity index (χ1) is 12.8. The highest BCUT2D eigenvalue weighted by molar-refractivity contribution is 5.85. The summed E-state index contributed by atoms with van der Waals surface area (Å²) in [6.07, 6.45) is 5.42. The van der Waals surface area contributed by atoms with Crippen LogP contribution in [0.2, 0.25) is 0 Å². The Kier molecular flexibility index (Phi) is 3.52. The summed E-state index contributed by atoms with van der Waals surface area (Å²) in [5.74, 6) is 2.66. The van der Waals surface area contributed by atoms with Crippen molar-refractivity contribution in [3.05, 3.63) is 77.6 Å². The third-order valence-electron chi connectivity index (χ3n) is 5.14. The Hall–Kier alpha value is -3.08. The second-order valence-electron chi connectivity index (χ2n) is 6.62. The third-order valence-corrected chi connectivity index (χ3v) is 5.14. The van der Waals surface area contributed by atoms with Crippen LogP contribution in [-0.2, 0) is 12.8 Å². The molecular formula is C21H20N4O. The molecule has 0 saturated carbocycles. The van der Waals surface area contributed by atoms with Gasteiger partial charge in [0.05, 0.1) is 5.69 Å². The Bertz CT molecular complexity index is 1050. The quantitative estimate of drug-likeness (QED) is 0.603. The molecule has 1 unspecified atom stereocenters. The number of nitrogens with zero attached hydrogens (tertiary/aromatic N) is 3. The van der Waals surface area contributed by atoms with Gasteiger partial charge in [-0.25, -0.2) is 9.97 Å². The van der Waals surface area contributed by atoms with Crippen LogP contribution in [0.15, 0.2) is 59.3 Å². The summed E-state index contributed by atoms with van der Waals surface area (Å²) in [6.45, 7) is 2.96. The van der Waals surface area contributed by atoms with Crippen LogP contribution in [0.5, 0.6) is 0 Å². The first kappa shape index (κ1) is 15.2. The molecule has 5 nitrogen and oxygen atoms in total. The Morgan fingerprint density at radius 3 is 2.77 bits per heavy atom. The number of para-hydroxylation sites is 1. The lowest BCUT2D eigenvalue weighted by molar-refractivity contribution is 0.432. The summed E-state index contributed by atoms with van der Waals surface area (Å²) < 4.78 is 6.16. The van der Waals surface area contributed by atoms with E-state index in [-0.39, 0.29) is 6.04 Å². The molecule has 130 valence electrons. The van der Waals surface area contributed by atoms with E-state index >= 15 is 0 Å². The van der Waals surface area contributed by atoms with Gasteiger partial charge < -0.3 is 14.3 Å². The number of H-pyrrole nitrogens is 1. The van der Waals surface area contributed by atoms with Crippen LogP contribution >= 0.6 is 0 Å². The summed E-state index contributed by atoms with van der Waals surface area (Å²) in [4.78, 5) is 14.8. The number of rotatable bonds is 3. The van der Waals surface area contributed by atoms with Gasteiger partial charge in [0.15, 0.2) is 0 Å². The number of hydrogen-bond donors (Lipinski definition) is 1. The van der Waals surface area contributed by atoms with E-state index in [1.807, 2.05) is 6.07 Å². The van der Waals surface area contributed by atoms with Gasteiger partial charge in [-0.05, 0) is 36.2 Å². The van der Waals surface area contributed by atoms with Crippen molar-refractivity contribution >= 4 is 16.9 Å². The first-order valence-corrected chi connectivity index (χ1v) is 9.07. The van der Waals surface area contributed by atoms with Crippen molar-refractivity contribution < 1.29 is 4.42 Å².